The molecular weight excluding hydrogens is 388 g/mol. The zero-order valence-corrected chi connectivity index (χ0v) is 16.2. The first-order chi connectivity index (χ1) is 13.3. The van der Waals surface area contributed by atoms with Crippen molar-refractivity contribution in [3.63, 3.8) is 0 Å². The molecular formula is C19H21F2N3O3S. The molecule has 28 heavy (non-hydrogen) atoms. The van der Waals surface area contributed by atoms with Crippen LogP contribution in [0, 0.1) is 18.6 Å². The minimum atomic E-state index is -3.92. The summed E-state index contributed by atoms with van der Waals surface area (Å²) in [5.41, 5.74) is 1.23. The molecule has 0 atom stereocenters. The molecule has 0 radical (unpaired) electrons. The Morgan fingerprint density at radius 1 is 1.11 bits per heavy atom. The van der Waals surface area contributed by atoms with Crippen LogP contribution < -0.4 is 5.32 Å². The third-order valence-corrected chi connectivity index (χ3v) is 6.49. The number of halogens is 2. The van der Waals surface area contributed by atoms with Crippen molar-refractivity contribution in [2.45, 2.75) is 19.9 Å². The molecule has 1 heterocycles. The summed E-state index contributed by atoms with van der Waals surface area (Å²) >= 11 is 0. The average Bonchev–Trinajstić information content (AvgIpc) is 2.63. The average molecular weight is 409 g/mol. The molecule has 1 N–H and O–H groups in total. The predicted octanol–water partition coefficient (Wildman–Crippen LogP) is 2.66. The molecule has 2 aromatic rings. The Balaban J connectivity index is 1.70. The first-order valence-electron chi connectivity index (χ1n) is 8.82. The van der Waals surface area contributed by atoms with Crippen molar-refractivity contribution in [3.05, 3.63) is 65.2 Å². The molecule has 0 aromatic heterocycles. The number of rotatable bonds is 5. The van der Waals surface area contributed by atoms with Gasteiger partial charge in [0.1, 0.15) is 11.6 Å². The number of hydrogen-bond donors (Lipinski definition) is 1. The van der Waals surface area contributed by atoms with Gasteiger partial charge < -0.3 is 5.32 Å². The van der Waals surface area contributed by atoms with Crippen LogP contribution in [0.2, 0.25) is 0 Å². The number of anilines is 1. The quantitative estimate of drug-likeness (QED) is 0.826. The van der Waals surface area contributed by atoms with Gasteiger partial charge in [-0.05, 0) is 37.1 Å². The standard InChI is InChI=1S/C19H21F2N3O3S/c1-14-7-8-16(20)11-18(14)22-19(25)13-24-10-4-9-23(28(24,26)27)12-15-5-2-3-6-17(15)21/h2-3,5-8,11H,4,9-10,12-13H2,1H3,(H,22,25). The molecule has 0 unspecified atom stereocenters. The second-order valence-corrected chi connectivity index (χ2v) is 8.56. The van der Waals surface area contributed by atoms with Crippen LogP contribution in [0.3, 0.4) is 0 Å². The number of hydrogen-bond acceptors (Lipinski definition) is 3. The summed E-state index contributed by atoms with van der Waals surface area (Å²) in [6, 6.07) is 9.97. The van der Waals surface area contributed by atoms with E-state index in [-0.39, 0.29) is 25.2 Å². The van der Waals surface area contributed by atoms with Crippen LogP contribution in [0.1, 0.15) is 17.5 Å². The summed E-state index contributed by atoms with van der Waals surface area (Å²) in [4.78, 5) is 12.3. The molecule has 0 bridgehead atoms. The van der Waals surface area contributed by atoms with Gasteiger partial charge >= 0.3 is 0 Å². The Morgan fingerprint density at radius 3 is 2.57 bits per heavy atom. The largest absolute Gasteiger partial charge is 0.325 e. The second-order valence-electron chi connectivity index (χ2n) is 6.63. The van der Waals surface area contributed by atoms with Crippen molar-refractivity contribution in [2.24, 2.45) is 0 Å². The molecule has 1 fully saturated rings. The normalized spacial score (nSPS) is 17.4. The fourth-order valence-corrected chi connectivity index (χ4v) is 4.66. The van der Waals surface area contributed by atoms with Gasteiger partial charge in [0.2, 0.25) is 5.91 Å². The van der Waals surface area contributed by atoms with E-state index in [1.807, 2.05) is 0 Å². The molecule has 1 aliphatic rings. The minimum absolute atomic E-state index is 0.101. The van der Waals surface area contributed by atoms with Crippen LogP contribution >= 0.6 is 0 Å². The van der Waals surface area contributed by atoms with E-state index in [2.05, 4.69) is 5.32 Å². The van der Waals surface area contributed by atoms with E-state index in [1.165, 1.54) is 36.4 Å². The predicted molar refractivity (Wildman–Crippen MR) is 102 cm³/mol. The first-order valence-corrected chi connectivity index (χ1v) is 10.2. The number of benzene rings is 2. The Kier molecular flexibility index (Phi) is 6.07. The highest BCUT2D eigenvalue weighted by Gasteiger charge is 2.35. The fourth-order valence-electron chi connectivity index (χ4n) is 3.03. The number of carbonyl (C=O) groups is 1. The van der Waals surface area contributed by atoms with Gasteiger partial charge in [0, 0.05) is 30.9 Å². The highest BCUT2D eigenvalue weighted by molar-refractivity contribution is 7.86. The smallest absolute Gasteiger partial charge is 0.282 e. The van der Waals surface area contributed by atoms with E-state index in [9.17, 15) is 22.0 Å². The molecule has 1 aliphatic heterocycles. The van der Waals surface area contributed by atoms with Crippen molar-refractivity contribution in [1.29, 1.82) is 0 Å². The van der Waals surface area contributed by atoms with Gasteiger partial charge in [-0.1, -0.05) is 24.3 Å². The Bertz CT molecular complexity index is 982. The molecule has 0 aliphatic carbocycles. The zero-order chi connectivity index (χ0) is 20.3. The molecule has 0 spiro atoms. The van der Waals surface area contributed by atoms with Crippen molar-refractivity contribution < 1.29 is 22.0 Å². The van der Waals surface area contributed by atoms with Gasteiger partial charge in [-0.25, -0.2) is 8.78 Å². The van der Waals surface area contributed by atoms with Crippen LogP contribution in [0.5, 0.6) is 0 Å². The maximum atomic E-state index is 13.9. The highest BCUT2D eigenvalue weighted by Crippen LogP contribution is 2.21. The van der Waals surface area contributed by atoms with Crippen LogP contribution in [-0.2, 0) is 21.5 Å². The summed E-state index contributed by atoms with van der Waals surface area (Å²) < 4.78 is 55.1. The Labute approximate surface area is 162 Å². The molecule has 9 heteroatoms. The topological polar surface area (TPSA) is 69.7 Å². The number of nitrogens with zero attached hydrogens (tertiary/aromatic N) is 2. The maximum absolute atomic E-state index is 13.9. The number of nitrogens with one attached hydrogen (secondary N) is 1. The molecule has 0 saturated carbocycles. The number of carbonyl (C=O) groups excluding carboxylic acids is 1. The van der Waals surface area contributed by atoms with Gasteiger partial charge in [-0.2, -0.15) is 17.0 Å². The summed E-state index contributed by atoms with van der Waals surface area (Å²) in [5.74, 6) is -1.54. The molecule has 150 valence electrons. The van der Waals surface area contributed by atoms with Gasteiger partial charge in [-0.15, -0.1) is 0 Å². The van der Waals surface area contributed by atoms with E-state index in [0.29, 0.717) is 17.7 Å². The fraction of sp³-hybridized carbons (Fsp3) is 0.316. The summed E-state index contributed by atoms with van der Waals surface area (Å²) in [5, 5.41) is 2.55. The van der Waals surface area contributed by atoms with E-state index in [0.717, 1.165) is 8.61 Å². The molecule has 1 saturated heterocycles. The van der Waals surface area contributed by atoms with Crippen molar-refractivity contribution in [2.75, 3.05) is 25.0 Å². The lowest BCUT2D eigenvalue weighted by atomic mass is 10.2. The van der Waals surface area contributed by atoms with Crippen LogP contribution in [-0.4, -0.2) is 42.6 Å². The van der Waals surface area contributed by atoms with Crippen molar-refractivity contribution in [3.8, 4) is 0 Å². The van der Waals surface area contributed by atoms with Crippen molar-refractivity contribution in [1.82, 2.24) is 8.61 Å². The highest BCUT2D eigenvalue weighted by atomic mass is 32.2. The zero-order valence-electron chi connectivity index (χ0n) is 15.4. The van der Waals surface area contributed by atoms with E-state index < -0.39 is 34.3 Å². The molecule has 3 rings (SSSR count). The lowest BCUT2D eigenvalue weighted by Gasteiger charge is -2.34. The van der Waals surface area contributed by atoms with Gasteiger partial charge in [-0.3, -0.25) is 4.79 Å². The molecule has 6 nitrogen and oxygen atoms in total. The summed E-state index contributed by atoms with van der Waals surface area (Å²) in [6.45, 7) is 1.65. The van der Waals surface area contributed by atoms with Crippen LogP contribution in [0.25, 0.3) is 0 Å². The van der Waals surface area contributed by atoms with Gasteiger partial charge in [0.05, 0.1) is 6.54 Å². The van der Waals surface area contributed by atoms with Crippen LogP contribution in [0.4, 0.5) is 14.5 Å². The third kappa shape index (κ3) is 4.54. The minimum Gasteiger partial charge on any atom is -0.325 e. The van der Waals surface area contributed by atoms with Crippen LogP contribution in [0.15, 0.2) is 42.5 Å². The number of amides is 1. The summed E-state index contributed by atoms with van der Waals surface area (Å²) in [6.07, 6.45) is 0.514. The van der Waals surface area contributed by atoms with E-state index >= 15 is 0 Å². The SMILES string of the molecule is Cc1ccc(F)cc1NC(=O)CN1CCCN(Cc2ccccc2F)S1(=O)=O. The first kappa shape index (κ1) is 20.4. The lowest BCUT2D eigenvalue weighted by molar-refractivity contribution is -0.116. The third-order valence-electron chi connectivity index (χ3n) is 4.57. The molecule has 2 aromatic carbocycles. The summed E-state index contributed by atoms with van der Waals surface area (Å²) in [7, 11) is -3.92. The monoisotopic (exact) mass is 409 g/mol. The Morgan fingerprint density at radius 2 is 1.82 bits per heavy atom. The maximum Gasteiger partial charge on any atom is 0.282 e. The lowest BCUT2D eigenvalue weighted by Crippen LogP contribution is -2.51. The Hall–Kier alpha value is -2.36. The van der Waals surface area contributed by atoms with Crippen molar-refractivity contribution >= 4 is 21.8 Å². The molecule has 1 amide bonds. The van der Waals surface area contributed by atoms with Gasteiger partial charge in [0.15, 0.2) is 0 Å². The van der Waals surface area contributed by atoms with Gasteiger partial charge in [0.25, 0.3) is 10.2 Å². The van der Waals surface area contributed by atoms with E-state index in [4.69, 9.17) is 0 Å². The second kappa shape index (κ2) is 8.34. The van der Waals surface area contributed by atoms with E-state index in [1.54, 1.807) is 13.0 Å². The number of aryl methyl sites for hydroxylation is 1.